The lowest BCUT2D eigenvalue weighted by molar-refractivity contribution is 0.945. The van der Waals surface area contributed by atoms with Gasteiger partial charge in [-0.25, -0.2) is 0 Å². The minimum Gasteiger partial charge on any atom is -0.0714 e. The van der Waals surface area contributed by atoms with Gasteiger partial charge in [-0.05, 0) is 6.42 Å². The van der Waals surface area contributed by atoms with Crippen LogP contribution in [0.1, 0.15) is 19.8 Å². The lowest BCUT2D eigenvalue weighted by Crippen LogP contribution is -1.79. The minimum absolute atomic E-state index is 0.485. The molecule has 0 aromatic heterocycles. The number of hydrogen-bond acceptors (Lipinski definition) is 0. The molecule has 0 aliphatic rings. The highest BCUT2D eigenvalue weighted by atomic mass is 35.5. The predicted molar refractivity (Wildman–Crippen MR) is 43.6 cm³/mol. The van der Waals surface area contributed by atoms with Crippen LogP contribution in [-0.4, -0.2) is 10.2 Å². The molecule has 0 aromatic rings. The highest BCUT2D eigenvalue weighted by Gasteiger charge is 1.91. The molecular formula is C5H10Cl2Si. The van der Waals surface area contributed by atoms with Crippen LogP contribution < -0.4 is 0 Å². The topological polar surface area (TPSA) is 0 Å². The second-order valence-corrected chi connectivity index (χ2v) is 3.95. The van der Waals surface area contributed by atoms with E-state index in [1.807, 2.05) is 0 Å². The van der Waals surface area contributed by atoms with Crippen molar-refractivity contribution in [2.24, 2.45) is 0 Å². The minimum atomic E-state index is 0.485. The normalized spacial score (nSPS) is 9.38. The molecule has 8 heavy (non-hydrogen) atoms. The van der Waals surface area contributed by atoms with Crippen molar-refractivity contribution >= 4 is 33.4 Å². The maximum Gasteiger partial charge on any atom is 0.101 e. The molecule has 0 nitrogen and oxygen atoms in total. The first-order chi connectivity index (χ1) is 3.68. The van der Waals surface area contributed by atoms with Crippen molar-refractivity contribution < 1.29 is 0 Å². The van der Waals surface area contributed by atoms with Crippen LogP contribution in [0.4, 0.5) is 0 Å². The van der Waals surface area contributed by atoms with Crippen LogP contribution in [0.2, 0.25) is 0 Å². The van der Waals surface area contributed by atoms with Crippen molar-refractivity contribution in [3.05, 3.63) is 9.69 Å². The van der Waals surface area contributed by atoms with Gasteiger partial charge in [-0.3, -0.25) is 0 Å². The highest BCUT2D eigenvalue weighted by molar-refractivity contribution is 6.58. The fourth-order valence-electron chi connectivity index (χ4n) is 0.469. The van der Waals surface area contributed by atoms with Crippen LogP contribution in [0.25, 0.3) is 0 Å². The van der Waals surface area contributed by atoms with E-state index in [1.165, 1.54) is 5.20 Å². The third kappa shape index (κ3) is 3.53. The van der Waals surface area contributed by atoms with Crippen LogP contribution in [0, 0.1) is 0 Å². The molecule has 0 aliphatic heterocycles. The van der Waals surface area contributed by atoms with Gasteiger partial charge in [0.25, 0.3) is 0 Å². The first-order valence-corrected chi connectivity index (χ1v) is 4.44. The lowest BCUT2D eigenvalue weighted by Gasteiger charge is -1.94. The summed E-state index contributed by atoms with van der Waals surface area (Å²) in [6.45, 7) is 2.12. The molecule has 0 rings (SSSR count). The van der Waals surface area contributed by atoms with E-state index in [-0.39, 0.29) is 0 Å². The van der Waals surface area contributed by atoms with Gasteiger partial charge in [0.2, 0.25) is 0 Å². The second-order valence-electron chi connectivity index (χ2n) is 1.79. The molecule has 3 heteroatoms. The standard InChI is InChI=1S/C5H10Cl2Si/c1-2-3-4(8)5(6)7/h2-3H2,1,8H3. The molecule has 0 aromatic carbocycles. The average molecular weight is 169 g/mol. The van der Waals surface area contributed by atoms with Crippen LogP contribution >= 0.6 is 23.2 Å². The molecule has 0 unspecified atom stereocenters. The summed E-state index contributed by atoms with van der Waals surface area (Å²) in [6, 6.07) is 0. The predicted octanol–water partition coefficient (Wildman–Crippen LogP) is 1.80. The maximum absolute atomic E-state index is 5.49. The molecule has 0 N–H and O–H groups in total. The van der Waals surface area contributed by atoms with Crippen molar-refractivity contribution in [2.45, 2.75) is 19.8 Å². The SMILES string of the molecule is CCCC([SiH3])=C(Cl)Cl. The number of allylic oxidation sites excluding steroid dienone is 1. The van der Waals surface area contributed by atoms with E-state index in [2.05, 4.69) is 6.92 Å². The third-order valence-corrected chi connectivity index (χ3v) is 3.23. The number of rotatable bonds is 2. The Balaban J connectivity index is 3.62. The Morgan fingerprint density at radius 3 is 2.12 bits per heavy atom. The first-order valence-electron chi connectivity index (χ1n) is 2.69. The Morgan fingerprint density at radius 1 is 1.50 bits per heavy atom. The Hall–Kier alpha value is 0.537. The Kier molecular flexibility index (Phi) is 4.72. The van der Waals surface area contributed by atoms with Gasteiger partial charge >= 0.3 is 0 Å². The Labute approximate surface area is 63.3 Å². The summed E-state index contributed by atoms with van der Waals surface area (Å²) in [5.41, 5.74) is 0. The average Bonchev–Trinajstić information content (AvgIpc) is 1.67. The van der Waals surface area contributed by atoms with Gasteiger partial charge < -0.3 is 0 Å². The van der Waals surface area contributed by atoms with Gasteiger partial charge in [0.15, 0.2) is 0 Å². The molecule has 0 heterocycles. The van der Waals surface area contributed by atoms with Crippen molar-refractivity contribution in [1.29, 1.82) is 0 Å². The van der Waals surface area contributed by atoms with E-state index < -0.39 is 0 Å². The summed E-state index contributed by atoms with van der Waals surface area (Å²) in [6.07, 6.45) is 2.20. The van der Waals surface area contributed by atoms with Gasteiger partial charge in [0, 0.05) is 10.2 Å². The van der Waals surface area contributed by atoms with E-state index in [0.717, 1.165) is 23.1 Å². The summed E-state index contributed by atoms with van der Waals surface area (Å²) in [5, 5.41) is 1.22. The molecule has 0 radical (unpaired) electrons. The summed E-state index contributed by atoms with van der Waals surface area (Å²) in [7, 11) is 0.999. The molecule has 0 spiro atoms. The molecule has 0 saturated carbocycles. The largest absolute Gasteiger partial charge is 0.101 e. The molecule has 0 saturated heterocycles. The zero-order chi connectivity index (χ0) is 6.57. The monoisotopic (exact) mass is 168 g/mol. The molecule has 0 fully saturated rings. The van der Waals surface area contributed by atoms with E-state index in [1.54, 1.807) is 0 Å². The fourth-order valence-corrected chi connectivity index (χ4v) is 1.16. The van der Waals surface area contributed by atoms with Gasteiger partial charge in [-0.2, -0.15) is 0 Å². The Bertz CT molecular complexity index is 94.6. The zero-order valence-corrected chi connectivity index (χ0v) is 8.68. The van der Waals surface area contributed by atoms with E-state index in [0.29, 0.717) is 4.49 Å². The van der Waals surface area contributed by atoms with Crippen molar-refractivity contribution in [1.82, 2.24) is 0 Å². The zero-order valence-electron chi connectivity index (χ0n) is 5.17. The van der Waals surface area contributed by atoms with Crippen molar-refractivity contribution in [3.8, 4) is 0 Å². The van der Waals surface area contributed by atoms with Gasteiger partial charge in [-0.15, -0.1) is 0 Å². The van der Waals surface area contributed by atoms with Crippen LogP contribution in [-0.2, 0) is 0 Å². The summed E-state index contributed by atoms with van der Waals surface area (Å²) >= 11 is 11.0. The third-order valence-electron chi connectivity index (χ3n) is 0.948. The van der Waals surface area contributed by atoms with Gasteiger partial charge in [0.1, 0.15) is 4.49 Å². The molecule has 48 valence electrons. The first kappa shape index (κ1) is 8.54. The highest BCUT2D eigenvalue weighted by Crippen LogP contribution is 2.14. The molecule has 0 bridgehead atoms. The summed E-state index contributed by atoms with van der Waals surface area (Å²) in [4.78, 5) is 0. The molecule has 0 aliphatic carbocycles. The summed E-state index contributed by atoms with van der Waals surface area (Å²) in [5.74, 6) is 0. The smallest absolute Gasteiger partial charge is 0.0714 e. The maximum atomic E-state index is 5.49. The van der Waals surface area contributed by atoms with E-state index in [9.17, 15) is 0 Å². The quantitative estimate of drug-likeness (QED) is 0.553. The molecular weight excluding hydrogens is 159 g/mol. The lowest BCUT2D eigenvalue weighted by atomic mass is 10.3. The number of hydrogen-bond donors (Lipinski definition) is 0. The fraction of sp³-hybridized carbons (Fsp3) is 0.600. The van der Waals surface area contributed by atoms with Crippen molar-refractivity contribution in [3.63, 3.8) is 0 Å². The van der Waals surface area contributed by atoms with Crippen molar-refractivity contribution in [2.75, 3.05) is 0 Å². The van der Waals surface area contributed by atoms with Gasteiger partial charge in [-0.1, -0.05) is 41.7 Å². The van der Waals surface area contributed by atoms with Gasteiger partial charge in [0.05, 0.1) is 0 Å². The Morgan fingerprint density at radius 2 is 2.00 bits per heavy atom. The molecule has 0 amide bonds. The van der Waals surface area contributed by atoms with E-state index >= 15 is 0 Å². The second kappa shape index (κ2) is 4.42. The summed E-state index contributed by atoms with van der Waals surface area (Å²) < 4.78 is 0.485. The number of halogens is 2. The van der Waals surface area contributed by atoms with Crippen LogP contribution in [0.5, 0.6) is 0 Å². The molecule has 0 atom stereocenters. The van der Waals surface area contributed by atoms with Crippen LogP contribution in [0.3, 0.4) is 0 Å². The van der Waals surface area contributed by atoms with E-state index in [4.69, 9.17) is 23.2 Å². The van der Waals surface area contributed by atoms with Crippen LogP contribution in [0.15, 0.2) is 9.69 Å².